The molecule has 0 aromatic heterocycles. The van der Waals surface area contributed by atoms with Gasteiger partial charge in [-0.25, -0.2) is 4.39 Å². The Labute approximate surface area is 183 Å². The van der Waals surface area contributed by atoms with E-state index >= 15 is 0 Å². The molecule has 0 heterocycles. The highest BCUT2D eigenvalue weighted by atomic mass is 32.2. The van der Waals surface area contributed by atoms with Gasteiger partial charge in [0.2, 0.25) is 11.8 Å². The number of halogens is 1. The van der Waals surface area contributed by atoms with Crippen LogP contribution in [0.4, 0.5) is 4.39 Å². The molecule has 0 aliphatic heterocycles. The van der Waals surface area contributed by atoms with Gasteiger partial charge in [-0.2, -0.15) is 0 Å². The van der Waals surface area contributed by atoms with Gasteiger partial charge in [0.1, 0.15) is 11.9 Å². The Bertz CT molecular complexity index is 841. The Hall–Kier alpha value is -2.34. The van der Waals surface area contributed by atoms with Crippen molar-refractivity contribution in [1.29, 1.82) is 0 Å². The number of amides is 2. The summed E-state index contributed by atoms with van der Waals surface area (Å²) >= 11 is 1.53. The fourth-order valence-electron chi connectivity index (χ4n) is 2.98. The maximum atomic E-state index is 13.3. The maximum absolute atomic E-state index is 13.3. The van der Waals surface area contributed by atoms with Gasteiger partial charge in [0.05, 0.1) is 5.75 Å². The van der Waals surface area contributed by atoms with Crippen LogP contribution in [0.3, 0.4) is 0 Å². The normalized spacial score (nSPS) is 12.8. The molecule has 6 heteroatoms. The monoisotopic (exact) mass is 430 g/mol. The van der Waals surface area contributed by atoms with Crippen molar-refractivity contribution in [1.82, 2.24) is 10.2 Å². The maximum Gasteiger partial charge on any atom is 0.242 e. The van der Waals surface area contributed by atoms with Crippen molar-refractivity contribution < 1.29 is 14.0 Å². The third-order valence-electron chi connectivity index (χ3n) is 5.01. The Morgan fingerprint density at radius 1 is 1.10 bits per heavy atom. The van der Waals surface area contributed by atoms with Crippen LogP contribution in [0, 0.1) is 12.7 Å². The second-order valence-corrected chi connectivity index (χ2v) is 8.61. The summed E-state index contributed by atoms with van der Waals surface area (Å²) in [5, 5.41) is 2.95. The Morgan fingerprint density at radius 3 is 2.43 bits per heavy atom. The van der Waals surface area contributed by atoms with Crippen LogP contribution in [0.25, 0.3) is 0 Å². The van der Waals surface area contributed by atoms with Crippen LogP contribution in [0.15, 0.2) is 48.5 Å². The van der Waals surface area contributed by atoms with E-state index < -0.39 is 6.04 Å². The topological polar surface area (TPSA) is 49.4 Å². The molecule has 0 saturated carbocycles. The molecule has 0 fully saturated rings. The lowest BCUT2D eigenvalue weighted by molar-refractivity contribution is -0.138. The molecule has 30 heavy (non-hydrogen) atoms. The van der Waals surface area contributed by atoms with Crippen LogP contribution in [0.2, 0.25) is 0 Å². The Balaban J connectivity index is 2.07. The number of nitrogens with one attached hydrogen (secondary N) is 1. The van der Waals surface area contributed by atoms with Gasteiger partial charge in [-0.1, -0.05) is 48.9 Å². The molecule has 0 aliphatic carbocycles. The number of hydrogen-bond acceptors (Lipinski definition) is 3. The Kier molecular flexibility index (Phi) is 9.37. The molecular formula is C24H31FN2O2S. The number of nitrogens with zero attached hydrogens (tertiary/aromatic N) is 1. The van der Waals surface area contributed by atoms with Crippen LogP contribution in [0.1, 0.15) is 43.9 Å². The average molecular weight is 431 g/mol. The molecule has 1 N–H and O–H groups in total. The van der Waals surface area contributed by atoms with Gasteiger partial charge in [-0.05, 0) is 50.5 Å². The van der Waals surface area contributed by atoms with Crippen molar-refractivity contribution in [2.75, 3.05) is 5.75 Å². The van der Waals surface area contributed by atoms with Crippen LogP contribution in [0.5, 0.6) is 0 Å². The number of hydrogen-bond donors (Lipinski definition) is 1. The van der Waals surface area contributed by atoms with Gasteiger partial charge < -0.3 is 10.2 Å². The first-order valence-corrected chi connectivity index (χ1v) is 11.4. The molecule has 162 valence electrons. The molecule has 0 bridgehead atoms. The van der Waals surface area contributed by atoms with E-state index in [2.05, 4.69) is 11.4 Å². The van der Waals surface area contributed by atoms with Gasteiger partial charge in [0, 0.05) is 18.3 Å². The third kappa shape index (κ3) is 7.48. The fourth-order valence-corrected chi connectivity index (χ4v) is 3.83. The summed E-state index contributed by atoms with van der Waals surface area (Å²) in [5.41, 5.74) is 3.14. The zero-order valence-electron chi connectivity index (χ0n) is 18.2. The van der Waals surface area contributed by atoms with E-state index in [-0.39, 0.29) is 36.0 Å². The van der Waals surface area contributed by atoms with Crippen LogP contribution in [-0.2, 0) is 21.9 Å². The number of carbonyl (C=O) groups excluding carboxylic acids is 2. The minimum Gasteiger partial charge on any atom is -0.352 e. The summed E-state index contributed by atoms with van der Waals surface area (Å²) in [6.45, 7) is 7.98. The summed E-state index contributed by atoms with van der Waals surface area (Å²) < 4.78 is 13.3. The minimum absolute atomic E-state index is 0.0402. The highest BCUT2D eigenvalue weighted by Crippen LogP contribution is 2.17. The zero-order chi connectivity index (χ0) is 22.1. The second kappa shape index (κ2) is 11.7. The lowest BCUT2D eigenvalue weighted by atomic mass is 10.1. The molecule has 0 unspecified atom stereocenters. The van der Waals surface area contributed by atoms with E-state index in [1.54, 1.807) is 24.0 Å². The van der Waals surface area contributed by atoms with Gasteiger partial charge in [0.25, 0.3) is 0 Å². The first kappa shape index (κ1) is 23.9. The molecule has 2 atom stereocenters. The summed E-state index contributed by atoms with van der Waals surface area (Å²) in [4.78, 5) is 27.3. The number of thioether (sulfide) groups is 1. The molecule has 2 rings (SSSR count). The van der Waals surface area contributed by atoms with Gasteiger partial charge >= 0.3 is 0 Å². The van der Waals surface area contributed by atoms with Gasteiger partial charge in [-0.15, -0.1) is 11.8 Å². The minimum atomic E-state index is -0.615. The lowest BCUT2D eigenvalue weighted by Gasteiger charge is -2.29. The molecule has 4 nitrogen and oxygen atoms in total. The van der Waals surface area contributed by atoms with Crippen molar-refractivity contribution >= 4 is 23.6 Å². The molecule has 0 saturated heterocycles. The molecule has 2 aromatic carbocycles. The van der Waals surface area contributed by atoms with Crippen molar-refractivity contribution in [3.8, 4) is 0 Å². The fraction of sp³-hybridized carbons (Fsp3) is 0.417. The predicted octanol–water partition coefficient (Wildman–Crippen LogP) is 4.70. The number of carbonyl (C=O) groups is 2. The molecule has 0 aliphatic rings. The van der Waals surface area contributed by atoms with E-state index in [0.29, 0.717) is 0 Å². The van der Waals surface area contributed by atoms with E-state index in [1.807, 2.05) is 39.0 Å². The summed E-state index contributed by atoms with van der Waals surface area (Å²) in [7, 11) is 0. The standard InChI is InChI=1S/C24H31FN2O2S/c1-5-18(3)26-24(29)19(4)27(14-20-9-11-22(25)12-10-20)23(28)16-30-15-21-8-6-7-17(2)13-21/h6-13,18-19H,5,14-16H2,1-4H3,(H,26,29)/t18-,19-/m1/s1. The SMILES string of the molecule is CC[C@@H](C)NC(=O)[C@@H](C)N(Cc1ccc(F)cc1)C(=O)CSCc1cccc(C)c1. The molecular weight excluding hydrogens is 399 g/mol. The van der Waals surface area contributed by atoms with E-state index in [1.165, 1.54) is 35.0 Å². The van der Waals surface area contributed by atoms with Crippen molar-refractivity contribution in [3.05, 3.63) is 71.0 Å². The second-order valence-electron chi connectivity index (χ2n) is 7.62. The third-order valence-corrected chi connectivity index (χ3v) is 6.00. The molecule has 0 spiro atoms. The van der Waals surface area contributed by atoms with Crippen LogP contribution < -0.4 is 5.32 Å². The largest absolute Gasteiger partial charge is 0.352 e. The van der Waals surface area contributed by atoms with Crippen molar-refractivity contribution in [3.63, 3.8) is 0 Å². The summed E-state index contributed by atoms with van der Waals surface area (Å²) in [6, 6.07) is 13.7. The van der Waals surface area contributed by atoms with E-state index in [0.717, 1.165) is 17.7 Å². The summed E-state index contributed by atoms with van der Waals surface area (Å²) in [6.07, 6.45) is 0.816. The Morgan fingerprint density at radius 2 is 1.80 bits per heavy atom. The van der Waals surface area contributed by atoms with E-state index in [9.17, 15) is 14.0 Å². The van der Waals surface area contributed by atoms with Gasteiger partial charge in [0.15, 0.2) is 0 Å². The first-order valence-electron chi connectivity index (χ1n) is 10.3. The van der Waals surface area contributed by atoms with Gasteiger partial charge in [-0.3, -0.25) is 9.59 Å². The summed E-state index contributed by atoms with van der Waals surface area (Å²) in [5.74, 6) is 0.390. The van der Waals surface area contributed by atoms with Crippen LogP contribution in [-0.4, -0.2) is 34.6 Å². The van der Waals surface area contributed by atoms with E-state index in [4.69, 9.17) is 0 Å². The lowest BCUT2D eigenvalue weighted by Crippen LogP contribution is -2.50. The number of rotatable bonds is 10. The van der Waals surface area contributed by atoms with Crippen molar-refractivity contribution in [2.24, 2.45) is 0 Å². The molecule has 2 aromatic rings. The molecule has 2 amide bonds. The zero-order valence-corrected chi connectivity index (χ0v) is 19.0. The first-order chi connectivity index (χ1) is 14.3. The van der Waals surface area contributed by atoms with Crippen molar-refractivity contribution in [2.45, 2.75) is 58.5 Å². The quantitative estimate of drug-likeness (QED) is 0.594. The predicted molar refractivity (Wildman–Crippen MR) is 122 cm³/mol. The highest BCUT2D eigenvalue weighted by Gasteiger charge is 2.26. The number of benzene rings is 2. The molecule has 0 radical (unpaired) electrons. The smallest absolute Gasteiger partial charge is 0.242 e. The highest BCUT2D eigenvalue weighted by molar-refractivity contribution is 7.99. The van der Waals surface area contributed by atoms with Crippen LogP contribution >= 0.6 is 11.8 Å². The average Bonchev–Trinajstić information content (AvgIpc) is 2.72. The number of aryl methyl sites for hydroxylation is 1.